The van der Waals surface area contributed by atoms with Crippen LogP contribution in [0.2, 0.25) is 5.02 Å². The lowest BCUT2D eigenvalue weighted by Crippen LogP contribution is -2.15. The lowest BCUT2D eigenvalue weighted by molar-refractivity contribution is -0.115. The molecule has 3 aromatic rings. The largest absolute Gasteiger partial charge is 0.497 e. The van der Waals surface area contributed by atoms with Gasteiger partial charge in [-0.25, -0.2) is 4.98 Å². The van der Waals surface area contributed by atoms with Crippen molar-refractivity contribution in [1.29, 1.82) is 0 Å². The highest BCUT2D eigenvalue weighted by molar-refractivity contribution is 6.33. The average Bonchev–Trinajstić information content (AvgIpc) is 2.96. The number of hydrogen-bond donors (Lipinski definition) is 1. The molecule has 3 rings (SSSR count). The van der Waals surface area contributed by atoms with Gasteiger partial charge in [-0.1, -0.05) is 23.7 Å². The number of nitrogens with zero attached hydrogens (tertiary/aromatic N) is 1. The van der Waals surface area contributed by atoms with E-state index in [0.717, 1.165) is 5.75 Å². The molecular formula is C19H17ClN2O3. The maximum absolute atomic E-state index is 12.3. The average molecular weight is 357 g/mol. The third-order valence-corrected chi connectivity index (χ3v) is 4.03. The molecular weight excluding hydrogens is 340 g/mol. The van der Waals surface area contributed by atoms with Gasteiger partial charge in [0.05, 0.1) is 29.8 Å². The van der Waals surface area contributed by atoms with Crippen LogP contribution in [-0.2, 0) is 11.2 Å². The molecule has 0 atom stereocenters. The number of rotatable bonds is 5. The fourth-order valence-corrected chi connectivity index (χ4v) is 2.59. The van der Waals surface area contributed by atoms with Gasteiger partial charge in [0.1, 0.15) is 11.5 Å². The van der Waals surface area contributed by atoms with E-state index in [1.807, 2.05) is 18.2 Å². The first-order valence-electron chi connectivity index (χ1n) is 7.72. The summed E-state index contributed by atoms with van der Waals surface area (Å²) in [4.78, 5) is 16.7. The van der Waals surface area contributed by atoms with Crippen LogP contribution in [0.25, 0.3) is 11.5 Å². The number of ether oxygens (including phenoxy) is 1. The number of hydrogen-bond acceptors (Lipinski definition) is 4. The molecule has 0 bridgehead atoms. The SMILES string of the molecule is COc1ccc(NC(=O)Cc2nc(-c3ccccc3Cl)oc2C)cc1. The molecule has 128 valence electrons. The number of halogens is 1. The van der Waals surface area contributed by atoms with Crippen LogP contribution in [0.5, 0.6) is 5.75 Å². The second-order valence-corrected chi connectivity index (χ2v) is 5.86. The molecule has 0 aliphatic heterocycles. The summed E-state index contributed by atoms with van der Waals surface area (Å²) in [5, 5.41) is 3.38. The zero-order chi connectivity index (χ0) is 17.8. The van der Waals surface area contributed by atoms with Gasteiger partial charge in [0.25, 0.3) is 0 Å². The van der Waals surface area contributed by atoms with Gasteiger partial charge in [0, 0.05) is 5.69 Å². The standard InChI is InChI=1S/C19H17ClN2O3/c1-12-17(22-19(25-12)15-5-3-4-6-16(15)20)11-18(23)21-13-7-9-14(24-2)10-8-13/h3-10H,11H2,1-2H3,(H,21,23). The molecule has 2 aromatic carbocycles. The molecule has 0 spiro atoms. The number of oxazole rings is 1. The minimum Gasteiger partial charge on any atom is -0.497 e. The predicted octanol–water partition coefficient (Wildman–Crippen LogP) is 4.49. The Morgan fingerprint density at radius 2 is 1.92 bits per heavy atom. The maximum Gasteiger partial charge on any atom is 0.230 e. The Bertz CT molecular complexity index is 888. The minimum absolute atomic E-state index is 0.117. The van der Waals surface area contributed by atoms with Crippen molar-refractivity contribution in [2.75, 3.05) is 12.4 Å². The zero-order valence-corrected chi connectivity index (χ0v) is 14.6. The van der Waals surface area contributed by atoms with E-state index in [4.69, 9.17) is 20.8 Å². The van der Waals surface area contributed by atoms with E-state index in [2.05, 4.69) is 10.3 Å². The topological polar surface area (TPSA) is 64.4 Å². The zero-order valence-electron chi connectivity index (χ0n) is 13.9. The van der Waals surface area contributed by atoms with Gasteiger partial charge in [-0.2, -0.15) is 0 Å². The smallest absolute Gasteiger partial charge is 0.230 e. The van der Waals surface area contributed by atoms with Crippen LogP contribution >= 0.6 is 11.6 Å². The Balaban J connectivity index is 1.72. The summed E-state index contributed by atoms with van der Waals surface area (Å²) in [6.07, 6.45) is 0.117. The van der Waals surface area contributed by atoms with E-state index in [-0.39, 0.29) is 12.3 Å². The first-order valence-corrected chi connectivity index (χ1v) is 8.09. The van der Waals surface area contributed by atoms with Crippen molar-refractivity contribution in [3.63, 3.8) is 0 Å². The second-order valence-electron chi connectivity index (χ2n) is 5.46. The first-order chi connectivity index (χ1) is 12.1. The van der Waals surface area contributed by atoms with Crippen molar-refractivity contribution in [2.24, 2.45) is 0 Å². The summed E-state index contributed by atoms with van der Waals surface area (Å²) < 4.78 is 10.8. The summed E-state index contributed by atoms with van der Waals surface area (Å²) in [5.41, 5.74) is 1.98. The molecule has 0 unspecified atom stereocenters. The third-order valence-electron chi connectivity index (χ3n) is 3.70. The third kappa shape index (κ3) is 4.00. The van der Waals surface area contributed by atoms with Crippen molar-refractivity contribution in [3.8, 4) is 17.2 Å². The van der Waals surface area contributed by atoms with Crippen molar-refractivity contribution >= 4 is 23.2 Å². The van der Waals surface area contributed by atoms with Gasteiger partial charge in [-0.05, 0) is 43.3 Å². The molecule has 0 radical (unpaired) electrons. The van der Waals surface area contributed by atoms with Crippen molar-refractivity contribution in [2.45, 2.75) is 13.3 Å². The Morgan fingerprint density at radius 1 is 1.20 bits per heavy atom. The predicted molar refractivity (Wildman–Crippen MR) is 97.0 cm³/mol. The van der Waals surface area contributed by atoms with Crippen LogP contribution in [0.15, 0.2) is 52.9 Å². The molecule has 6 heteroatoms. The Labute approximate surface area is 150 Å². The molecule has 0 saturated carbocycles. The molecule has 0 aliphatic rings. The molecule has 1 N–H and O–H groups in total. The highest BCUT2D eigenvalue weighted by atomic mass is 35.5. The van der Waals surface area contributed by atoms with Gasteiger partial charge in [-0.15, -0.1) is 0 Å². The number of benzene rings is 2. The van der Waals surface area contributed by atoms with Crippen LogP contribution in [0.3, 0.4) is 0 Å². The molecule has 1 amide bonds. The summed E-state index contributed by atoms with van der Waals surface area (Å²) >= 11 is 6.17. The van der Waals surface area contributed by atoms with Crippen LogP contribution < -0.4 is 10.1 Å². The number of nitrogens with one attached hydrogen (secondary N) is 1. The number of carbonyl (C=O) groups excluding carboxylic acids is 1. The van der Waals surface area contributed by atoms with Crippen molar-refractivity contribution < 1.29 is 13.9 Å². The molecule has 5 nitrogen and oxygen atoms in total. The molecule has 1 aromatic heterocycles. The minimum atomic E-state index is -0.174. The normalized spacial score (nSPS) is 10.5. The van der Waals surface area contributed by atoms with Crippen LogP contribution in [0.1, 0.15) is 11.5 Å². The lowest BCUT2D eigenvalue weighted by atomic mass is 10.2. The van der Waals surface area contributed by atoms with E-state index >= 15 is 0 Å². The van der Waals surface area contributed by atoms with Crippen molar-refractivity contribution in [1.82, 2.24) is 4.98 Å². The van der Waals surface area contributed by atoms with Crippen LogP contribution in [-0.4, -0.2) is 18.0 Å². The summed E-state index contributed by atoms with van der Waals surface area (Å²) in [5.74, 6) is 1.57. The van der Waals surface area contributed by atoms with Crippen molar-refractivity contribution in [3.05, 3.63) is 65.0 Å². The van der Waals surface area contributed by atoms with E-state index in [1.54, 1.807) is 44.4 Å². The summed E-state index contributed by atoms with van der Waals surface area (Å²) in [6.45, 7) is 1.78. The molecule has 1 heterocycles. The quantitative estimate of drug-likeness (QED) is 0.731. The lowest BCUT2D eigenvalue weighted by Gasteiger charge is -2.05. The van der Waals surface area contributed by atoms with Gasteiger partial charge < -0.3 is 14.5 Å². The monoisotopic (exact) mass is 356 g/mol. The number of amides is 1. The van der Waals surface area contributed by atoms with E-state index in [0.29, 0.717) is 33.6 Å². The van der Waals surface area contributed by atoms with Crippen LogP contribution in [0, 0.1) is 6.92 Å². The van der Waals surface area contributed by atoms with E-state index in [1.165, 1.54) is 0 Å². The number of aryl methyl sites for hydroxylation is 1. The molecule has 0 saturated heterocycles. The Hall–Kier alpha value is -2.79. The summed E-state index contributed by atoms with van der Waals surface area (Å²) in [6, 6.07) is 14.4. The highest BCUT2D eigenvalue weighted by Gasteiger charge is 2.16. The first kappa shape index (κ1) is 17.0. The number of methoxy groups -OCH3 is 1. The Kier molecular flexibility index (Phi) is 5.05. The number of aromatic nitrogens is 1. The maximum atomic E-state index is 12.3. The number of anilines is 1. The fraction of sp³-hybridized carbons (Fsp3) is 0.158. The van der Waals surface area contributed by atoms with Gasteiger partial charge in [-0.3, -0.25) is 4.79 Å². The fourth-order valence-electron chi connectivity index (χ4n) is 2.37. The second kappa shape index (κ2) is 7.40. The van der Waals surface area contributed by atoms with E-state index < -0.39 is 0 Å². The Morgan fingerprint density at radius 3 is 2.60 bits per heavy atom. The highest BCUT2D eigenvalue weighted by Crippen LogP contribution is 2.28. The summed E-state index contributed by atoms with van der Waals surface area (Å²) in [7, 11) is 1.59. The number of carbonyl (C=O) groups is 1. The van der Waals surface area contributed by atoms with Crippen LogP contribution in [0.4, 0.5) is 5.69 Å². The van der Waals surface area contributed by atoms with E-state index in [9.17, 15) is 4.79 Å². The molecule has 25 heavy (non-hydrogen) atoms. The van der Waals surface area contributed by atoms with Gasteiger partial charge in [0.15, 0.2) is 0 Å². The van der Waals surface area contributed by atoms with Gasteiger partial charge >= 0.3 is 0 Å². The molecule has 0 fully saturated rings. The van der Waals surface area contributed by atoms with Gasteiger partial charge in [0.2, 0.25) is 11.8 Å². The molecule has 0 aliphatic carbocycles.